The Morgan fingerprint density at radius 2 is 1.41 bits per heavy atom. The number of hydrogen-bond donors (Lipinski definition) is 1. The molecular weight excluding hydrogens is 378 g/mol. The first-order valence-electron chi connectivity index (χ1n) is 9.37. The number of benzene rings is 1. The van der Waals surface area contributed by atoms with E-state index in [-0.39, 0.29) is 31.6 Å². The molecule has 0 aliphatic heterocycles. The molecule has 0 spiro atoms. The van der Waals surface area contributed by atoms with E-state index in [9.17, 15) is 24.0 Å². The zero-order chi connectivity index (χ0) is 21.6. The van der Waals surface area contributed by atoms with E-state index in [1.165, 1.54) is 7.11 Å². The molecule has 1 amide bonds. The Hall–Kier alpha value is -3.03. The third-order valence-electron chi connectivity index (χ3n) is 4.36. The van der Waals surface area contributed by atoms with Crippen LogP contribution < -0.4 is 5.32 Å². The summed E-state index contributed by atoms with van der Waals surface area (Å²) in [4.78, 5) is 59.4. The topological polar surface area (TPSA) is 116 Å². The fourth-order valence-corrected chi connectivity index (χ4v) is 2.65. The third kappa shape index (κ3) is 9.64. The van der Waals surface area contributed by atoms with E-state index < -0.39 is 35.8 Å². The summed E-state index contributed by atoms with van der Waals surface area (Å²) in [6, 6.07) is 9.63. The van der Waals surface area contributed by atoms with Gasteiger partial charge in [0.1, 0.15) is 11.6 Å². The van der Waals surface area contributed by atoms with Crippen molar-refractivity contribution >= 4 is 29.4 Å². The van der Waals surface area contributed by atoms with Gasteiger partial charge in [0.05, 0.1) is 33.0 Å². The van der Waals surface area contributed by atoms with Crippen molar-refractivity contribution in [3.8, 4) is 0 Å². The van der Waals surface area contributed by atoms with Gasteiger partial charge in [-0.15, -0.1) is 0 Å². The minimum Gasteiger partial charge on any atom is -0.469 e. The molecule has 158 valence electrons. The third-order valence-corrected chi connectivity index (χ3v) is 4.36. The van der Waals surface area contributed by atoms with Crippen LogP contribution in [0.15, 0.2) is 30.3 Å². The van der Waals surface area contributed by atoms with Crippen LogP contribution in [0.25, 0.3) is 0 Å². The first-order chi connectivity index (χ1) is 13.9. The number of nitrogens with one attached hydrogen (secondary N) is 1. The molecule has 1 aromatic rings. The van der Waals surface area contributed by atoms with Gasteiger partial charge >= 0.3 is 11.9 Å². The second-order valence-electron chi connectivity index (χ2n) is 6.43. The van der Waals surface area contributed by atoms with Crippen LogP contribution in [0.3, 0.4) is 0 Å². The molecule has 0 saturated heterocycles. The molecule has 1 N–H and O–H groups in total. The number of ketones is 2. The number of ether oxygens (including phenoxy) is 2. The van der Waals surface area contributed by atoms with Gasteiger partial charge in [0.15, 0.2) is 0 Å². The standard InChI is InChI=1S/C21H27NO7/c1-28-20(26)11-9-18(24)16(14-21(27)29-2)17(23)8-10-19(25)22-13-12-15-6-4-3-5-7-15/h3-7,16H,8-14H2,1-2H3,(H,22,25)/t16-/m1/s1. The minimum absolute atomic E-state index is 0.0877. The first-order valence-corrected chi connectivity index (χ1v) is 9.37. The maximum absolute atomic E-state index is 12.4. The highest BCUT2D eigenvalue weighted by Gasteiger charge is 2.29. The Kier molecular flexibility index (Phi) is 10.9. The fraction of sp³-hybridized carbons (Fsp3) is 0.476. The molecule has 1 rings (SSSR count). The monoisotopic (exact) mass is 405 g/mol. The molecule has 29 heavy (non-hydrogen) atoms. The summed E-state index contributed by atoms with van der Waals surface area (Å²) in [7, 11) is 2.35. The van der Waals surface area contributed by atoms with E-state index in [4.69, 9.17) is 0 Å². The Labute approximate surface area is 169 Å². The van der Waals surface area contributed by atoms with E-state index in [1.54, 1.807) is 0 Å². The van der Waals surface area contributed by atoms with E-state index in [0.717, 1.165) is 12.7 Å². The van der Waals surface area contributed by atoms with Crippen molar-refractivity contribution in [3.63, 3.8) is 0 Å². The number of carbonyl (C=O) groups is 5. The molecule has 0 saturated carbocycles. The maximum atomic E-state index is 12.4. The minimum atomic E-state index is -1.23. The van der Waals surface area contributed by atoms with Crippen LogP contribution >= 0.6 is 0 Å². The van der Waals surface area contributed by atoms with Gasteiger partial charge in [-0.1, -0.05) is 30.3 Å². The smallest absolute Gasteiger partial charge is 0.306 e. The van der Waals surface area contributed by atoms with Crippen LogP contribution in [-0.4, -0.2) is 50.2 Å². The normalized spacial score (nSPS) is 11.2. The van der Waals surface area contributed by atoms with Crippen molar-refractivity contribution in [2.24, 2.45) is 5.92 Å². The predicted molar refractivity (Wildman–Crippen MR) is 104 cm³/mol. The largest absolute Gasteiger partial charge is 0.469 e. The van der Waals surface area contributed by atoms with Crippen LogP contribution in [0.4, 0.5) is 0 Å². The van der Waals surface area contributed by atoms with Crippen LogP contribution in [0, 0.1) is 5.92 Å². The maximum Gasteiger partial charge on any atom is 0.306 e. The number of amides is 1. The number of esters is 2. The Balaban J connectivity index is 2.50. The molecular formula is C21H27NO7. The molecule has 8 nitrogen and oxygen atoms in total. The summed E-state index contributed by atoms with van der Waals surface area (Å²) in [5, 5.41) is 2.73. The number of carbonyl (C=O) groups excluding carboxylic acids is 5. The fourth-order valence-electron chi connectivity index (χ4n) is 2.65. The van der Waals surface area contributed by atoms with Gasteiger partial charge in [0.25, 0.3) is 0 Å². The summed E-state index contributed by atoms with van der Waals surface area (Å²) in [6.07, 6.45) is -0.412. The molecule has 0 unspecified atom stereocenters. The van der Waals surface area contributed by atoms with Gasteiger partial charge in [-0.25, -0.2) is 0 Å². The Morgan fingerprint density at radius 3 is 2.00 bits per heavy atom. The number of methoxy groups -OCH3 is 2. The molecule has 8 heteroatoms. The molecule has 0 fully saturated rings. The van der Waals surface area contributed by atoms with Crippen LogP contribution in [-0.2, 0) is 39.9 Å². The molecule has 0 radical (unpaired) electrons. The molecule has 0 bridgehead atoms. The lowest BCUT2D eigenvalue weighted by atomic mass is 9.90. The van der Waals surface area contributed by atoms with Crippen molar-refractivity contribution in [2.75, 3.05) is 20.8 Å². The highest BCUT2D eigenvalue weighted by molar-refractivity contribution is 6.05. The summed E-state index contributed by atoms with van der Waals surface area (Å²) in [5.74, 6) is -3.90. The van der Waals surface area contributed by atoms with Crippen LogP contribution in [0.5, 0.6) is 0 Å². The molecule has 1 aromatic carbocycles. The first kappa shape index (κ1) is 24.0. The Morgan fingerprint density at radius 1 is 0.828 bits per heavy atom. The summed E-state index contributed by atoms with van der Waals surface area (Å²) in [6.45, 7) is 0.431. The second-order valence-corrected chi connectivity index (χ2v) is 6.43. The number of hydrogen-bond acceptors (Lipinski definition) is 7. The highest BCUT2D eigenvalue weighted by Crippen LogP contribution is 2.15. The van der Waals surface area contributed by atoms with E-state index >= 15 is 0 Å². The van der Waals surface area contributed by atoms with Gasteiger partial charge in [0, 0.05) is 25.8 Å². The SMILES string of the molecule is COC(=O)CCC(=O)[C@H](CC(=O)OC)C(=O)CCC(=O)NCCc1ccccc1. The lowest BCUT2D eigenvalue weighted by molar-refractivity contribution is -0.147. The molecule has 0 heterocycles. The van der Waals surface area contributed by atoms with Gasteiger partial charge in [0.2, 0.25) is 5.91 Å². The van der Waals surface area contributed by atoms with Crippen molar-refractivity contribution in [1.82, 2.24) is 5.32 Å². The molecule has 0 aliphatic rings. The molecule has 0 aliphatic carbocycles. The lowest BCUT2D eigenvalue weighted by Crippen LogP contribution is -2.30. The van der Waals surface area contributed by atoms with Gasteiger partial charge < -0.3 is 14.8 Å². The van der Waals surface area contributed by atoms with Gasteiger partial charge in [-0.2, -0.15) is 0 Å². The second kappa shape index (κ2) is 13.2. The zero-order valence-electron chi connectivity index (χ0n) is 16.8. The van der Waals surface area contributed by atoms with E-state index in [1.807, 2.05) is 30.3 Å². The van der Waals surface area contributed by atoms with Crippen molar-refractivity contribution in [3.05, 3.63) is 35.9 Å². The molecule has 0 aromatic heterocycles. The van der Waals surface area contributed by atoms with Crippen LogP contribution in [0.1, 0.15) is 37.7 Å². The van der Waals surface area contributed by atoms with E-state index in [0.29, 0.717) is 13.0 Å². The highest BCUT2D eigenvalue weighted by atomic mass is 16.5. The number of Topliss-reactive ketones (excluding diaryl/α,β-unsaturated/α-hetero) is 2. The van der Waals surface area contributed by atoms with Gasteiger partial charge in [-0.05, 0) is 12.0 Å². The van der Waals surface area contributed by atoms with Crippen molar-refractivity contribution in [2.45, 2.75) is 38.5 Å². The Bertz CT molecular complexity index is 715. The van der Waals surface area contributed by atoms with E-state index in [2.05, 4.69) is 14.8 Å². The zero-order valence-corrected chi connectivity index (χ0v) is 16.8. The van der Waals surface area contributed by atoms with Crippen molar-refractivity contribution in [1.29, 1.82) is 0 Å². The summed E-state index contributed by atoms with van der Waals surface area (Å²) < 4.78 is 9.01. The average molecular weight is 405 g/mol. The predicted octanol–water partition coefficient (Wildman–Crippen LogP) is 1.40. The number of rotatable bonds is 13. The molecule has 1 atom stereocenters. The van der Waals surface area contributed by atoms with Crippen molar-refractivity contribution < 1.29 is 33.4 Å². The van der Waals surface area contributed by atoms with Gasteiger partial charge in [-0.3, -0.25) is 24.0 Å². The summed E-state index contributed by atoms with van der Waals surface area (Å²) >= 11 is 0. The average Bonchev–Trinajstić information content (AvgIpc) is 2.74. The summed E-state index contributed by atoms with van der Waals surface area (Å²) in [5.41, 5.74) is 1.08. The quantitative estimate of drug-likeness (QED) is 0.389. The van der Waals surface area contributed by atoms with Crippen LogP contribution in [0.2, 0.25) is 0 Å². The lowest BCUT2D eigenvalue weighted by Gasteiger charge is -2.13.